The maximum absolute atomic E-state index is 12.6. The van der Waals surface area contributed by atoms with Crippen molar-refractivity contribution in [1.29, 1.82) is 0 Å². The standard InChI is InChI=1S/C20H25N3O5/c1-5-11-23-16(21)15(17(25)22(4)19(23)27)14(24)12-28-18(26)20(2,3)13-9-7-6-8-10-13/h6-10H,5,11-12,21H2,1-4H3. The van der Waals surface area contributed by atoms with Gasteiger partial charge in [-0.3, -0.25) is 23.5 Å². The average molecular weight is 387 g/mol. The highest BCUT2D eigenvalue weighted by Gasteiger charge is 2.32. The molecule has 1 heterocycles. The molecule has 1 aromatic heterocycles. The Kier molecular flexibility index (Phi) is 6.23. The van der Waals surface area contributed by atoms with Crippen LogP contribution in [0.2, 0.25) is 0 Å². The summed E-state index contributed by atoms with van der Waals surface area (Å²) in [5, 5.41) is 0. The molecule has 8 heteroatoms. The smallest absolute Gasteiger partial charge is 0.332 e. The van der Waals surface area contributed by atoms with Crippen molar-refractivity contribution < 1.29 is 14.3 Å². The number of ether oxygens (including phenoxy) is 1. The number of nitrogens with two attached hydrogens (primary N) is 1. The van der Waals surface area contributed by atoms with Crippen molar-refractivity contribution in [3.63, 3.8) is 0 Å². The van der Waals surface area contributed by atoms with Gasteiger partial charge in [-0.1, -0.05) is 37.3 Å². The van der Waals surface area contributed by atoms with Gasteiger partial charge in [-0.05, 0) is 25.8 Å². The van der Waals surface area contributed by atoms with Gasteiger partial charge in [0.1, 0.15) is 11.4 Å². The Morgan fingerprint density at radius 1 is 1.14 bits per heavy atom. The highest BCUT2D eigenvalue weighted by atomic mass is 16.5. The summed E-state index contributed by atoms with van der Waals surface area (Å²) in [6.45, 7) is 4.83. The van der Waals surface area contributed by atoms with E-state index >= 15 is 0 Å². The van der Waals surface area contributed by atoms with Crippen molar-refractivity contribution in [3.05, 3.63) is 62.3 Å². The number of esters is 1. The van der Waals surface area contributed by atoms with Gasteiger partial charge in [-0.15, -0.1) is 0 Å². The van der Waals surface area contributed by atoms with Gasteiger partial charge in [0.15, 0.2) is 6.61 Å². The Bertz CT molecular complexity index is 1000. The SMILES string of the molecule is CCCn1c(N)c(C(=O)COC(=O)C(C)(C)c2ccccc2)c(=O)n(C)c1=O. The number of carbonyl (C=O) groups excluding carboxylic acids is 2. The van der Waals surface area contributed by atoms with Gasteiger partial charge in [0.05, 0.1) is 5.41 Å². The summed E-state index contributed by atoms with van der Waals surface area (Å²) in [7, 11) is 1.28. The summed E-state index contributed by atoms with van der Waals surface area (Å²) in [4.78, 5) is 49.7. The van der Waals surface area contributed by atoms with Crippen LogP contribution in [0.15, 0.2) is 39.9 Å². The van der Waals surface area contributed by atoms with Crippen molar-refractivity contribution in [2.24, 2.45) is 7.05 Å². The molecule has 0 unspecified atom stereocenters. The molecule has 0 aliphatic rings. The summed E-state index contributed by atoms with van der Waals surface area (Å²) >= 11 is 0. The van der Waals surface area contributed by atoms with Crippen LogP contribution in [0.5, 0.6) is 0 Å². The van der Waals surface area contributed by atoms with E-state index in [9.17, 15) is 19.2 Å². The second-order valence-corrected chi connectivity index (χ2v) is 7.05. The normalized spacial score (nSPS) is 11.3. The van der Waals surface area contributed by atoms with Crippen LogP contribution in [0.25, 0.3) is 0 Å². The Morgan fingerprint density at radius 3 is 2.32 bits per heavy atom. The molecule has 1 aromatic carbocycles. The van der Waals surface area contributed by atoms with Crippen molar-refractivity contribution in [2.45, 2.75) is 39.2 Å². The molecule has 2 rings (SSSR count). The third kappa shape index (κ3) is 3.90. The molecule has 0 saturated heterocycles. The lowest BCUT2D eigenvalue weighted by molar-refractivity contribution is -0.148. The van der Waals surface area contributed by atoms with E-state index in [-0.39, 0.29) is 17.9 Å². The molecule has 2 N–H and O–H groups in total. The third-order valence-electron chi connectivity index (χ3n) is 4.65. The molecule has 0 amide bonds. The van der Waals surface area contributed by atoms with E-state index in [1.165, 1.54) is 11.6 Å². The van der Waals surface area contributed by atoms with Gasteiger partial charge in [-0.2, -0.15) is 0 Å². The van der Waals surface area contributed by atoms with E-state index in [4.69, 9.17) is 10.5 Å². The molecule has 8 nitrogen and oxygen atoms in total. The van der Waals surface area contributed by atoms with Crippen molar-refractivity contribution in [1.82, 2.24) is 9.13 Å². The fourth-order valence-corrected chi connectivity index (χ4v) is 2.84. The van der Waals surface area contributed by atoms with E-state index in [1.54, 1.807) is 38.1 Å². The molecule has 0 spiro atoms. The Morgan fingerprint density at radius 2 is 1.75 bits per heavy atom. The fourth-order valence-electron chi connectivity index (χ4n) is 2.84. The van der Waals surface area contributed by atoms with Gasteiger partial charge >= 0.3 is 11.7 Å². The number of hydrogen-bond donors (Lipinski definition) is 1. The summed E-state index contributed by atoms with van der Waals surface area (Å²) in [6.07, 6.45) is 0.593. The van der Waals surface area contributed by atoms with Crippen LogP contribution < -0.4 is 17.0 Å². The molecule has 0 atom stereocenters. The lowest BCUT2D eigenvalue weighted by Gasteiger charge is -2.23. The Hall–Kier alpha value is -3.16. The molecule has 0 radical (unpaired) electrons. The minimum Gasteiger partial charge on any atom is -0.457 e. The number of carbonyl (C=O) groups is 2. The summed E-state index contributed by atoms with van der Waals surface area (Å²) in [6, 6.07) is 9.01. The lowest BCUT2D eigenvalue weighted by Crippen LogP contribution is -2.43. The summed E-state index contributed by atoms with van der Waals surface area (Å²) < 4.78 is 7.18. The van der Waals surface area contributed by atoms with Gasteiger partial charge < -0.3 is 10.5 Å². The van der Waals surface area contributed by atoms with Crippen LogP contribution in [0.4, 0.5) is 5.82 Å². The monoisotopic (exact) mass is 387 g/mol. The summed E-state index contributed by atoms with van der Waals surface area (Å²) in [5.41, 5.74) is 3.93. The van der Waals surface area contributed by atoms with E-state index in [1.807, 2.05) is 13.0 Å². The molecule has 0 aliphatic carbocycles. The Balaban J connectivity index is 2.28. The van der Waals surface area contributed by atoms with Gasteiger partial charge in [0.25, 0.3) is 5.56 Å². The van der Waals surface area contributed by atoms with Crippen molar-refractivity contribution >= 4 is 17.6 Å². The van der Waals surface area contributed by atoms with Gasteiger partial charge in [-0.25, -0.2) is 4.79 Å². The number of Topliss-reactive ketones (excluding diaryl/α,β-unsaturated/α-hetero) is 1. The van der Waals surface area contributed by atoms with Crippen LogP contribution in [-0.2, 0) is 28.5 Å². The number of aromatic nitrogens is 2. The number of ketones is 1. The predicted molar refractivity (Wildman–Crippen MR) is 105 cm³/mol. The topological polar surface area (TPSA) is 113 Å². The van der Waals surface area contributed by atoms with E-state index in [2.05, 4.69) is 0 Å². The van der Waals surface area contributed by atoms with Crippen LogP contribution in [0.1, 0.15) is 43.1 Å². The fraction of sp³-hybridized carbons (Fsp3) is 0.400. The van der Waals surface area contributed by atoms with Gasteiger partial charge in [0.2, 0.25) is 5.78 Å². The number of nitrogens with zero attached hydrogens (tertiary/aromatic N) is 2. The number of anilines is 1. The molecular weight excluding hydrogens is 362 g/mol. The molecule has 2 aromatic rings. The number of rotatable bonds is 7. The second-order valence-electron chi connectivity index (χ2n) is 7.05. The number of nitrogen functional groups attached to an aromatic ring is 1. The van der Waals surface area contributed by atoms with Crippen molar-refractivity contribution in [2.75, 3.05) is 12.3 Å². The van der Waals surface area contributed by atoms with E-state index < -0.39 is 35.0 Å². The molecule has 28 heavy (non-hydrogen) atoms. The molecule has 0 fully saturated rings. The first-order valence-corrected chi connectivity index (χ1v) is 8.98. The van der Waals surface area contributed by atoms with Crippen molar-refractivity contribution in [3.8, 4) is 0 Å². The van der Waals surface area contributed by atoms with E-state index in [0.29, 0.717) is 6.42 Å². The van der Waals surface area contributed by atoms with Crippen LogP contribution in [-0.4, -0.2) is 27.5 Å². The first-order chi connectivity index (χ1) is 13.1. The van der Waals surface area contributed by atoms with Crippen LogP contribution in [0.3, 0.4) is 0 Å². The molecule has 0 bridgehead atoms. The maximum atomic E-state index is 12.6. The lowest BCUT2D eigenvalue weighted by atomic mass is 9.85. The Labute approximate surface area is 162 Å². The zero-order valence-electron chi connectivity index (χ0n) is 16.5. The minimum atomic E-state index is -0.973. The molecular formula is C20H25N3O5. The number of hydrogen-bond acceptors (Lipinski definition) is 6. The maximum Gasteiger partial charge on any atom is 0.332 e. The highest BCUT2D eigenvalue weighted by Crippen LogP contribution is 2.24. The van der Waals surface area contributed by atoms with E-state index in [0.717, 1.165) is 10.1 Å². The molecule has 0 saturated carbocycles. The molecule has 0 aliphatic heterocycles. The quantitative estimate of drug-likeness (QED) is 0.565. The first-order valence-electron chi connectivity index (χ1n) is 8.98. The average Bonchev–Trinajstić information content (AvgIpc) is 2.68. The predicted octanol–water partition coefficient (Wildman–Crippen LogP) is 1.24. The largest absolute Gasteiger partial charge is 0.457 e. The van der Waals surface area contributed by atoms with Crippen LogP contribution >= 0.6 is 0 Å². The first kappa shape index (κ1) is 21.1. The van der Waals surface area contributed by atoms with Crippen LogP contribution in [0, 0.1) is 0 Å². The zero-order valence-corrected chi connectivity index (χ0v) is 16.5. The zero-order chi connectivity index (χ0) is 21.1. The molecule has 150 valence electrons. The minimum absolute atomic E-state index is 0.210. The summed E-state index contributed by atoms with van der Waals surface area (Å²) in [5.74, 6) is -1.57. The second kappa shape index (κ2) is 8.24. The number of benzene rings is 1. The third-order valence-corrected chi connectivity index (χ3v) is 4.65. The van der Waals surface area contributed by atoms with Gasteiger partial charge in [0, 0.05) is 13.6 Å². The highest BCUT2D eigenvalue weighted by molar-refractivity contribution is 6.01.